The molecule has 23 nitrogen and oxygen atoms in total. The summed E-state index contributed by atoms with van der Waals surface area (Å²) in [5, 5.41) is 20.7. The number of fused-ring (bicyclic) bond motifs is 3. The Morgan fingerprint density at radius 3 is 1.44 bits per heavy atom. The van der Waals surface area contributed by atoms with E-state index in [1.165, 1.54) is 38.1 Å². The number of nitriles is 2. The summed E-state index contributed by atoms with van der Waals surface area (Å²) in [5.41, 5.74) is 13.3. The molecule has 2 atom stereocenters. The maximum Gasteiger partial charge on any atom is 0.280 e. The van der Waals surface area contributed by atoms with Gasteiger partial charge in [-0.2, -0.15) is 10.5 Å². The number of ketones is 3. The van der Waals surface area contributed by atoms with Crippen molar-refractivity contribution in [2.75, 3.05) is 42.8 Å². The lowest BCUT2D eigenvalue weighted by molar-refractivity contribution is -0.133. The van der Waals surface area contributed by atoms with Gasteiger partial charge in [-0.05, 0) is 114 Å². The Kier molecular flexibility index (Phi) is 30.0. The molecule has 9 rings (SSSR count). The summed E-state index contributed by atoms with van der Waals surface area (Å²) in [7, 11) is 0. The number of carbonyl (C=O) groups excluding carboxylic acids is 5. The Bertz CT molecular complexity index is 4080. The molecule has 2 amide bonds. The van der Waals surface area contributed by atoms with Crippen molar-refractivity contribution in [3.05, 3.63) is 157 Å². The topological polar surface area (TPSA) is 324 Å². The number of aromatic nitrogens is 9. The second-order valence-electron chi connectivity index (χ2n) is 18.2. The number of nitrogen functional groups attached to an aromatic ring is 1. The number of pyridine rings is 6. The molecule has 0 aromatic carbocycles. The van der Waals surface area contributed by atoms with Gasteiger partial charge in [-0.25, -0.2) is 47.5 Å². The van der Waals surface area contributed by atoms with Gasteiger partial charge >= 0.3 is 0 Å². The average Bonchev–Trinajstić information content (AvgIpc) is 1.73. The molecule has 5 N–H and O–H groups in total. The van der Waals surface area contributed by atoms with E-state index in [-0.39, 0.29) is 34.2 Å². The van der Waals surface area contributed by atoms with Gasteiger partial charge in [-0.3, -0.25) is 24.0 Å². The molecule has 9 heterocycles. The lowest BCUT2D eigenvalue weighted by Crippen LogP contribution is -2.16. The zero-order chi connectivity index (χ0) is 67.6. The number of anilines is 2. The third-order valence-electron chi connectivity index (χ3n) is 11.5. The number of nitrogens with two attached hydrogens (primary N) is 2. The van der Waals surface area contributed by atoms with Crippen LogP contribution < -0.4 is 35.7 Å². The van der Waals surface area contributed by atoms with Crippen LogP contribution in [0.4, 0.5) is 29.1 Å². The SMILES string of the molecule is CC(=O)C(=O)CBr.CCOc1cc(N)ncc1Br.CCOc1cc2nc(C(C)=O)cn2cc1Br.CCOc1cc2nc(C(C)C#N)cn2cc1Br.CCOc1cc2nc(C(C)C#N)cn2cc1NC(=O)c1cccc(C(F)F)n1.NC(=O)c1cccc(C(F)F)n1. The van der Waals surface area contributed by atoms with Gasteiger partial charge < -0.3 is 48.9 Å². The molecule has 91 heavy (non-hydrogen) atoms. The number of rotatable bonds is 18. The number of halogens is 8. The molecule has 480 valence electrons. The molecule has 0 aliphatic carbocycles. The summed E-state index contributed by atoms with van der Waals surface area (Å²) < 4.78 is 79.2. The summed E-state index contributed by atoms with van der Waals surface area (Å²) in [6.07, 6.45) is 6.75. The number of ether oxygens (including phenoxy) is 4. The van der Waals surface area contributed by atoms with E-state index < -0.39 is 47.8 Å². The van der Waals surface area contributed by atoms with E-state index in [0.29, 0.717) is 66.4 Å². The van der Waals surface area contributed by atoms with Crippen molar-refractivity contribution in [2.24, 2.45) is 5.73 Å². The molecule has 0 bridgehead atoms. The van der Waals surface area contributed by atoms with Crippen LogP contribution in [0, 0.1) is 22.7 Å². The Hall–Kier alpha value is -8.91. The normalized spacial score (nSPS) is 11.0. The summed E-state index contributed by atoms with van der Waals surface area (Å²) in [6, 6.07) is 18.9. The summed E-state index contributed by atoms with van der Waals surface area (Å²) in [4.78, 5) is 78.2. The number of imidazole rings is 3. The third-order valence-corrected chi connectivity index (χ3v) is 13.8. The molecular formula is C60H60Br4F4N14O9. The van der Waals surface area contributed by atoms with Gasteiger partial charge in [0.15, 0.2) is 11.6 Å². The first-order valence-corrected chi connectivity index (χ1v) is 30.5. The largest absolute Gasteiger partial charge is 0.492 e. The predicted molar refractivity (Wildman–Crippen MR) is 344 cm³/mol. The van der Waals surface area contributed by atoms with Gasteiger partial charge in [0.25, 0.3) is 24.7 Å². The average molecular weight is 1520 g/mol. The highest BCUT2D eigenvalue weighted by atomic mass is 79.9. The van der Waals surface area contributed by atoms with Crippen LogP contribution in [0.2, 0.25) is 0 Å². The first kappa shape index (κ1) is 74.6. The summed E-state index contributed by atoms with van der Waals surface area (Å²) in [6.45, 7) is 16.1. The maximum atomic E-state index is 12.8. The van der Waals surface area contributed by atoms with Gasteiger partial charge in [0, 0.05) is 81.5 Å². The molecular weight excluding hydrogens is 1460 g/mol. The Balaban J connectivity index is 0.000000246. The fraction of sp³-hybridized carbons (Fsp3) is 0.283. The third kappa shape index (κ3) is 22.5. The van der Waals surface area contributed by atoms with Crippen molar-refractivity contribution in [3.63, 3.8) is 0 Å². The molecule has 9 aromatic rings. The summed E-state index contributed by atoms with van der Waals surface area (Å²) in [5.74, 6) is 0.212. The number of hydrogen-bond donors (Lipinski definition) is 3. The molecule has 9 aromatic heterocycles. The predicted octanol–water partition coefficient (Wildman–Crippen LogP) is 13.2. The van der Waals surface area contributed by atoms with E-state index in [4.69, 9.17) is 40.9 Å². The van der Waals surface area contributed by atoms with Gasteiger partial charge in [-0.1, -0.05) is 28.1 Å². The molecule has 2 unspecified atom stereocenters. The van der Waals surface area contributed by atoms with Crippen LogP contribution in [0.25, 0.3) is 16.9 Å². The van der Waals surface area contributed by atoms with Crippen LogP contribution in [0.3, 0.4) is 0 Å². The maximum absolute atomic E-state index is 12.8. The lowest BCUT2D eigenvalue weighted by Gasteiger charge is -2.12. The molecule has 0 spiro atoms. The molecule has 0 aliphatic heterocycles. The first-order chi connectivity index (χ1) is 43.2. The van der Waals surface area contributed by atoms with Gasteiger partial charge in [-0.15, -0.1) is 0 Å². The van der Waals surface area contributed by atoms with Crippen LogP contribution >= 0.6 is 63.7 Å². The fourth-order valence-corrected chi connectivity index (χ4v) is 8.67. The number of nitrogens with one attached hydrogen (secondary N) is 1. The van der Waals surface area contributed by atoms with Crippen LogP contribution in [0.5, 0.6) is 23.0 Å². The highest BCUT2D eigenvalue weighted by Gasteiger charge is 2.19. The van der Waals surface area contributed by atoms with Crippen molar-refractivity contribution in [1.82, 2.24) is 43.1 Å². The van der Waals surface area contributed by atoms with Crippen molar-refractivity contribution < 1.29 is 60.5 Å². The van der Waals surface area contributed by atoms with Crippen molar-refractivity contribution in [2.45, 2.75) is 80.1 Å². The zero-order valence-corrected chi connectivity index (χ0v) is 56.3. The monoisotopic (exact) mass is 1510 g/mol. The van der Waals surface area contributed by atoms with Crippen molar-refractivity contribution in [1.29, 1.82) is 10.5 Å². The smallest absolute Gasteiger partial charge is 0.280 e. The van der Waals surface area contributed by atoms with E-state index in [0.717, 1.165) is 54.1 Å². The van der Waals surface area contributed by atoms with Crippen LogP contribution in [-0.4, -0.2) is 104 Å². The number of primary amides is 1. The minimum Gasteiger partial charge on any atom is -0.492 e. The second kappa shape index (κ2) is 36.7. The first-order valence-electron chi connectivity index (χ1n) is 27.0. The number of nitrogens with zero attached hydrogens (tertiary/aromatic N) is 11. The van der Waals surface area contributed by atoms with E-state index in [2.05, 4.69) is 111 Å². The highest BCUT2D eigenvalue weighted by Crippen LogP contribution is 2.31. The number of carbonyl (C=O) groups is 5. The van der Waals surface area contributed by atoms with Crippen molar-refractivity contribution >= 4 is 121 Å². The number of hydrogen-bond acceptors (Lipinski definition) is 18. The molecule has 0 saturated heterocycles. The minimum atomic E-state index is -2.77. The molecule has 0 fully saturated rings. The van der Waals surface area contributed by atoms with E-state index >= 15 is 0 Å². The van der Waals surface area contributed by atoms with Gasteiger partial charge in [0.2, 0.25) is 5.78 Å². The highest BCUT2D eigenvalue weighted by molar-refractivity contribution is 9.11. The molecule has 0 saturated carbocycles. The van der Waals surface area contributed by atoms with Crippen molar-refractivity contribution in [3.8, 4) is 35.1 Å². The zero-order valence-electron chi connectivity index (χ0n) is 49.9. The Labute approximate surface area is 553 Å². The quantitative estimate of drug-likeness (QED) is 0.0311. The lowest BCUT2D eigenvalue weighted by atomic mass is 10.1. The van der Waals surface area contributed by atoms with Crippen LogP contribution in [-0.2, 0) is 9.59 Å². The number of Topliss-reactive ketones (excluding diaryl/α,β-unsaturated/α-hetero) is 3. The Morgan fingerprint density at radius 1 is 0.582 bits per heavy atom. The Morgan fingerprint density at radius 2 is 1.01 bits per heavy atom. The second-order valence-corrected chi connectivity index (χ2v) is 21.4. The summed E-state index contributed by atoms with van der Waals surface area (Å²) >= 11 is 13.0. The molecule has 0 radical (unpaired) electrons. The molecule has 0 aliphatic rings. The van der Waals surface area contributed by atoms with Crippen LogP contribution in [0.15, 0.2) is 117 Å². The number of amides is 2. The van der Waals surface area contributed by atoms with E-state index in [9.17, 15) is 41.5 Å². The minimum absolute atomic E-state index is 0.0437. The van der Waals surface area contributed by atoms with Gasteiger partial charge in [0.05, 0.1) is 80.5 Å². The fourth-order valence-electron chi connectivity index (χ4n) is 7.05. The molecule has 31 heteroatoms. The van der Waals surface area contributed by atoms with Gasteiger partial charge in [0.1, 0.15) is 79.9 Å². The van der Waals surface area contributed by atoms with E-state index in [1.807, 2.05) is 56.8 Å². The standard InChI is InChI=1S/C19H17F2N5O2.C12H12BrN3O.C11H11BrN2O2.C7H9BrN2O.C7H6F2N2O.C4H5BrO2/c1-3-28-16-7-17-24-14(11(2)8-22)9-26(17)10-15(16)25-19(27)13-6-4-5-12(23-13)18(20)21;1-3-17-11-4-12-15-10(8(2)5-14)7-16(12)6-9(11)13;1-3-16-10-4-11-13-9(7(2)15)6-14(11)5-8(10)12;1-2-11-6-3-7(9)10-4-5(6)8;8-6(9)4-2-1-3-5(11-4)7(10)12;1-3(6)4(7)2-5/h4-7,9-11,18H,3H2,1-2H3,(H,25,27);4,6-8H,3H2,1-2H3;4-6H,3H2,1-2H3;3-4H,2H2,1H3,(H2,9,10);1-3,6H,(H2,10,12);2H2,1H3. The van der Waals surface area contributed by atoms with E-state index in [1.54, 1.807) is 65.6 Å². The van der Waals surface area contributed by atoms with Crippen LogP contribution in [0.1, 0.15) is 134 Å². The number of alkyl halides is 5.